The molecule has 17 heavy (non-hydrogen) atoms. The van der Waals surface area contributed by atoms with Crippen LogP contribution in [0.1, 0.15) is 44.9 Å². The third-order valence-corrected chi connectivity index (χ3v) is 4.29. The molecule has 2 aliphatic rings. The number of nitrogens with zero attached hydrogens (tertiary/aromatic N) is 2. The topological polar surface area (TPSA) is 23.6 Å². The first kappa shape index (κ1) is 13.0. The quantitative estimate of drug-likeness (QED) is 0.540. The molecule has 98 valence electrons. The summed E-state index contributed by atoms with van der Waals surface area (Å²) >= 11 is 0. The van der Waals surface area contributed by atoms with Crippen molar-refractivity contribution < 1.29 is 4.79 Å². The van der Waals surface area contributed by atoms with E-state index in [2.05, 4.69) is 9.80 Å². The maximum atomic E-state index is 10.3. The van der Waals surface area contributed by atoms with Gasteiger partial charge >= 0.3 is 0 Å². The van der Waals surface area contributed by atoms with Gasteiger partial charge in [-0.1, -0.05) is 19.3 Å². The van der Waals surface area contributed by atoms with Crippen LogP contribution in [0, 0.1) is 0 Å². The zero-order valence-electron chi connectivity index (χ0n) is 10.9. The molecule has 2 rings (SSSR count). The van der Waals surface area contributed by atoms with Crippen molar-refractivity contribution in [3.8, 4) is 0 Å². The van der Waals surface area contributed by atoms with Crippen LogP contribution in [0.2, 0.25) is 0 Å². The number of unbranched alkanes of at least 4 members (excludes halogenated alkanes) is 1. The molecular weight excluding hydrogens is 212 g/mol. The summed E-state index contributed by atoms with van der Waals surface area (Å²) in [7, 11) is 0. The second-order valence-corrected chi connectivity index (χ2v) is 5.48. The van der Waals surface area contributed by atoms with Crippen LogP contribution < -0.4 is 0 Å². The van der Waals surface area contributed by atoms with Gasteiger partial charge < -0.3 is 9.69 Å². The number of carbonyl (C=O) groups is 1. The van der Waals surface area contributed by atoms with E-state index in [0.717, 1.165) is 31.7 Å². The van der Waals surface area contributed by atoms with E-state index in [0.29, 0.717) is 0 Å². The van der Waals surface area contributed by atoms with Crippen molar-refractivity contribution >= 4 is 6.29 Å². The Kier molecular flexibility index (Phi) is 5.46. The van der Waals surface area contributed by atoms with Crippen LogP contribution in [0.25, 0.3) is 0 Å². The highest BCUT2D eigenvalue weighted by Crippen LogP contribution is 2.23. The monoisotopic (exact) mass is 238 g/mol. The first-order chi connectivity index (χ1) is 8.40. The minimum absolute atomic E-state index is 0.725. The average Bonchev–Trinajstić information content (AvgIpc) is 2.41. The predicted molar refractivity (Wildman–Crippen MR) is 70.2 cm³/mol. The van der Waals surface area contributed by atoms with E-state index >= 15 is 0 Å². The number of rotatable bonds is 5. The molecule has 1 saturated heterocycles. The van der Waals surface area contributed by atoms with Crippen molar-refractivity contribution in [2.24, 2.45) is 0 Å². The lowest BCUT2D eigenvalue weighted by Gasteiger charge is -2.40. The van der Waals surface area contributed by atoms with Crippen LogP contribution in [0.4, 0.5) is 0 Å². The Hall–Kier alpha value is -0.410. The van der Waals surface area contributed by atoms with Gasteiger partial charge in [-0.3, -0.25) is 4.90 Å². The molecule has 1 aliphatic heterocycles. The Morgan fingerprint density at radius 3 is 2.35 bits per heavy atom. The van der Waals surface area contributed by atoms with E-state index in [-0.39, 0.29) is 0 Å². The van der Waals surface area contributed by atoms with Gasteiger partial charge in [0.15, 0.2) is 0 Å². The van der Waals surface area contributed by atoms with Gasteiger partial charge in [-0.05, 0) is 25.8 Å². The zero-order chi connectivity index (χ0) is 11.9. The molecule has 0 aromatic heterocycles. The molecule has 0 unspecified atom stereocenters. The molecule has 1 aliphatic carbocycles. The number of carbonyl (C=O) groups excluding carboxylic acids is 1. The summed E-state index contributed by atoms with van der Waals surface area (Å²) in [6, 6.07) is 0.876. The minimum atomic E-state index is 0.725. The van der Waals surface area contributed by atoms with E-state index in [1.165, 1.54) is 58.3 Å². The Balaban J connectivity index is 1.64. The highest BCUT2D eigenvalue weighted by Gasteiger charge is 2.24. The molecule has 0 amide bonds. The molecule has 0 aromatic rings. The first-order valence-corrected chi connectivity index (χ1v) is 7.30. The van der Waals surface area contributed by atoms with Crippen molar-refractivity contribution in [1.82, 2.24) is 9.80 Å². The Labute approximate surface area is 105 Å². The van der Waals surface area contributed by atoms with Gasteiger partial charge in [-0.15, -0.1) is 0 Å². The van der Waals surface area contributed by atoms with E-state index < -0.39 is 0 Å². The summed E-state index contributed by atoms with van der Waals surface area (Å²) in [5.74, 6) is 0. The van der Waals surface area contributed by atoms with E-state index in [1.54, 1.807) is 0 Å². The number of piperazine rings is 1. The van der Waals surface area contributed by atoms with Gasteiger partial charge in [0.1, 0.15) is 6.29 Å². The zero-order valence-corrected chi connectivity index (χ0v) is 10.9. The van der Waals surface area contributed by atoms with Crippen molar-refractivity contribution in [2.45, 2.75) is 51.0 Å². The average molecular weight is 238 g/mol. The smallest absolute Gasteiger partial charge is 0.120 e. The van der Waals surface area contributed by atoms with Crippen molar-refractivity contribution in [3.63, 3.8) is 0 Å². The van der Waals surface area contributed by atoms with Crippen molar-refractivity contribution in [1.29, 1.82) is 0 Å². The highest BCUT2D eigenvalue weighted by molar-refractivity contribution is 5.48. The van der Waals surface area contributed by atoms with Gasteiger partial charge in [0.25, 0.3) is 0 Å². The molecule has 1 heterocycles. The highest BCUT2D eigenvalue weighted by atomic mass is 16.1. The summed E-state index contributed by atoms with van der Waals surface area (Å²) in [6.45, 7) is 6.00. The largest absolute Gasteiger partial charge is 0.303 e. The minimum Gasteiger partial charge on any atom is -0.303 e. The Morgan fingerprint density at radius 1 is 1.00 bits per heavy atom. The van der Waals surface area contributed by atoms with E-state index in [1.807, 2.05) is 0 Å². The molecule has 2 fully saturated rings. The van der Waals surface area contributed by atoms with Crippen LogP contribution in [-0.2, 0) is 4.79 Å². The van der Waals surface area contributed by atoms with Crippen molar-refractivity contribution in [2.75, 3.05) is 32.7 Å². The fourth-order valence-electron chi connectivity index (χ4n) is 3.20. The summed E-state index contributed by atoms with van der Waals surface area (Å²) in [5.41, 5.74) is 0. The van der Waals surface area contributed by atoms with Gasteiger partial charge in [0.2, 0.25) is 0 Å². The standard InChI is InChI=1S/C14H26N2O/c17-13-5-4-8-15-9-11-16(12-10-15)14-6-2-1-3-7-14/h13-14H,1-12H2. The van der Waals surface area contributed by atoms with Crippen LogP contribution in [0.3, 0.4) is 0 Å². The summed E-state index contributed by atoms with van der Waals surface area (Å²) < 4.78 is 0. The molecule has 0 N–H and O–H groups in total. The maximum Gasteiger partial charge on any atom is 0.120 e. The fourth-order valence-corrected chi connectivity index (χ4v) is 3.20. The molecule has 1 saturated carbocycles. The molecule has 0 aromatic carbocycles. The number of aldehydes is 1. The number of hydrogen-bond donors (Lipinski definition) is 0. The van der Waals surface area contributed by atoms with Crippen molar-refractivity contribution in [3.05, 3.63) is 0 Å². The van der Waals surface area contributed by atoms with Gasteiger partial charge in [-0.25, -0.2) is 0 Å². The SMILES string of the molecule is O=CCCCN1CCN(C2CCCCC2)CC1. The van der Waals surface area contributed by atoms with Crippen LogP contribution >= 0.6 is 0 Å². The van der Waals surface area contributed by atoms with Gasteiger partial charge in [0.05, 0.1) is 0 Å². The normalized spacial score (nSPS) is 24.9. The lowest BCUT2D eigenvalue weighted by atomic mass is 9.94. The maximum absolute atomic E-state index is 10.3. The van der Waals surface area contributed by atoms with Crippen LogP contribution in [0.15, 0.2) is 0 Å². The molecule has 0 bridgehead atoms. The molecule has 0 radical (unpaired) electrons. The molecule has 3 heteroatoms. The fraction of sp³-hybridized carbons (Fsp3) is 0.929. The van der Waals surface area contributed by atoms with E-state index in [4.69, 9.17) is 0 Å². The Bertz CT molecular complexity index is 218. The van der Waals surface area contributed by atoms with Gasteiger partial charge in [-0.2, -0.15) is 0 Å². The molecule has 0 atom stereocenters. The summed E-state index contributed by atoms with van der Waals surface area (Å²) in [6.07, 6.45) is 9.96. The molecule has 0 spiro atoms. The third kappa shape index (κ3) is 4.07. The molecule has 3 nitrogen and oxygen atoms in total. The number of hydrogen-bond acceptors (Lipinski definition) is 3. The second kappa shape index (κ2) is 7.12. The second-order valence-electron chi connectivity index (χ2n) is 5.48. The van der Waals surface area contributed by atoms with Crippen LogP contribution in [0.5, 0.6) is 0 Å². The van der Waals surface area contributed by atoms with Gasteiger partial charge in [0, 0.05) is 38.6 Å². The van der Waals surface area contributed by atoms with Crippen LogP contribution in [-0.4, -0.2) is 54.9 Å². The van der Waals surface area contributed by atoms with E-state index in [9.17, 15) is 4.79 Å². The lowest BCUT2D eigenvalue weighted by molar-refractivity contribution is -0.108. The Morgan fingerprint density at radius 2 is 1.71 bits per heavy atom. The summed E-state index contributed by atoms with van der Waals surface area (Å²) in [5, 5.41) is 0. The predicted octanol–water partition coefficient (Wildman–Crippen LogP) is 1.92. The summed E-state index contributed by atoms with van der Waals surface area (Å²) in [4.78, 5) is 15.5. The molecular formula is C14H26N2O. The lowest BCUT2D eigenvalue weighted by Crippen LogP contribution is -2.50. The first-order valence-electron chi connectivity index (χ1n) is 7.30. The third-order valence-electron chi connectivity index (χ3n) is 4.29.